The van der Waals surface area contributed by atoms with E-state index in [1.54, 1.807) is 35.2 Å². The highest BCUT2D eigenvalue weighted by atomic mass is 16.4. The Hall–Kier alpha value is -3.47. The van der Waals surface area contributed by atoms with Gasteiger partial charge in [-0.3, -0.25) is 19.2 Å². The average Bonchev–Trinajstić information content (AvgIpc) is 2.85. The second-order valence-electron chi connectivity index (χ2n) is 9.11. The molecule has 1 heterocycles. The van der Waals surface area contributed by atoms with Crippen molar-refractivity contribution in [1.29, 1.82) is 0 Å². The molecule has 0 bridgehead atoms. The minimum absolute atomic E-state index is 0.228. The quantitative estimate of drug-likeness (QED) is 0.242. The van der Waals surface area contributed by atoms with Crippen LogP contribution in [-0.2, 0) is 29.4 Å². The largest absolute Gasteiger partial charge is 0.481 e. The van der Waals surface area contributed by atoms with E-state index in [9.17, 15) is 29.1 Å². The summed E-state index contributed by atoms with van der Waals surface area (Å²) in [6.45, 7) is 2.32. The first-order chi connectivity index (χ1) is 17.1. The van der Waals surface area contributed by atoms with Crippen molar-refractivity contribution in [2.45, 2.75) is 69.4 Å². The van der Waals surface area contributed by atoms with Crippen molar-refractivity contribution in [1.82, 2.24) is 15.5 Å². The van der Waals surface area contributed by atoms with Crippen molar-refractivity contribution in [3.63, 3.8) is 0 Å². The van der Waals surface area contributed by atoms with Crippen LogP contribution in [0.15, 0.2) is 30.3 Å². The highest BCUT2D eigenvalue weighted by Crippen LogP contribution is 2.36. The molecule has 0 unspecified atom stereocenters. The predicted molar refractivity (Wildman–Crippen MR) is 131 cm³/mol. The Morgan fingerprint density at radius 3 is 2.14 bits per heavy atom. The van der Waals surface area contributed by atoms with E-state index in [2.05, 4.69) is 10.6 Å². The van der Waals surface area contributed by atoms with Crippen molar-refractivity contribution in [2.24, 2.45) is 5.73 Å². The lowest BCUT2D eigenvalue weighted by atomic mass is 9.71. The van der Waals surface area contributed by atoms with Crippen LogP contribution >= 0.6 is 0 Å². The molecule has 11 heteroatoms. The lowest BCUT2D eigenvalue weighted by Gasteiger charge is -2.42. The Labute approximate surface area is 210 Å². The Bertz CT molecular complexity index is 930. The van der Waals surface area contributed by atoms with E-state index in [4.69, 9.17) is 10.8 Å². The highest BCUT2D eigenvalue weighted by molar-refractivity contribution is 5.92. The number of hydrogen-bond acceptors (Lipinski definition) is 6. The number of nitrogens with two attached hydrogens (primary N) is 1. The average molecular weight is 505 g/mol. The molecule has 3 amide bonds. The minimum Gasteiger partial charge on any atom is -0.481 e. The van der Waals surface area contributed by atoms with Gasteiger partial charge in [0.05, 0.1) is 5.41 Å². The summed E-state index contributed by atoms with van der Waals surface area (Å²) in [5.74, 6) is -3.51. The minimum atomic E-state index is -1.35. The molecule has 198 valence electrons. The van der Waals surface area contributed by atoms with E-state index in [0.717, 1.165) is 6.42 Å². The second-order valence-corrected chi connectivity index (χ2v) is 9.11. The molecule has 1 aliphatic heterocycles. The molecule has 2 rings (SSSR count). The van der Waals surface area contributed by atoms with Crippen molar-refractivity contribution in [3.8, 4) is 0 Å². The number of carbonyl (C=O) groups is 5. The number of likely N-dealkylation sites (tertiary alicyclic amines) is 1. The molecule has 0 spiro atoms. The molecule has 1 aromatic carbocycles. The van der Waals surface area contributed by atoms with Gasteiger partial charge in [0.1, 0.15) is 12.1 Å². The van der Waals surface area contributed by atoms with Gasteiger partial charge < -0.3 is 31.5 Å². The van der Waals surface area contributed by atoms with Gasteiger partial charge in [0.25, 0.3) is 0 Å². The van der Waals surface area contributed by atoms with Crippen LogP contribution in [-0.4, -0.2) is 76.5 Å². The lowest BCUT2D eigenvalue weighted by Crippen LogP contribution is -2.57. The molecular formula is C25H36N4O7. The first-order valence-corrected chi connectivity index (χ1v) is 12.2. The van der Waals surface area contributed by atoms with E-state index in [1.165, 1.54) is 6.92 Å². The van der Waals surface area contributed by atoms with E-state index in [-0.39, 0.29) is 44.2 Å². The van der Waals surface area contributed by atoms with E-state index < -0.39 is 41.8 Å². The molecule has 0 aromatic heterocycles. The summed E-state index contributed by atoms with van der Waals surface area (Å²) < 4.78 is 0. The number of benzene rings is 1. The van der Waals surface area contributed by atoms with E-state index in [0.29, 0.717) is 24.9 Å². The summed E-state index contributed by atoms with van der Waals surface area (Å²) in [6, 6.07) is 6.92. The van der Waals surface area contributed by atoms with Crippen LogP contribution in [0.3, 0.4) is 0 Å². The molecule has 0 saturated carbocycles. The molecule has 1 saturated heterocycles. The molecule has 1 aliphatic rings. The molecule has 0 radical (unpaired) electrons. The normalized spacial score (nSPS) is 16.4. The molecule has 0 aliphatic carbocycles. The van der Waals surface area contributed by atoms with Gasteiger partial charge in [-0.25, -0.2) is 4.79 Å². The maximum atomic E-state index is 13.5. The fourth-order valence-electron chi connectivity index (χ4n) is 4.55. The van der Waals surface area contributed by atoms with Gasteiger partial charge in [-0.15, -0.1) is 0 Å². The molecule has 11 nitrogen and oxygen atoms in total. The number of aliphatic carboxylic acids is 2. The number of unbranched alkanes of at least 4 members (excludes halogenated alkanes) is 1. The number of carbonyl (C=O) groups excluding carboxylic acids is 3. The Morgan fingerprint density at radius 2 is 1.61 bits per heavy atom. The zero-order chi connectivity index (χ0) is 26.7. The van der Waals surface area contributed by atoms with Crippen molar-refractivity contribution in [3.05, 3.63) is 35.9 Å². The predicted octanol–water partition coefficient (Wildman–Crippen LogP) is 0.615. The maximum absolute atomic E-state index is 13.5. The number of hydrogen-bond donors (Lipinski definition) is 5. The van der Waals surface area contributed by atoms with Gasteiger partial charge in [0, 0.05) is 26.4 Å². The third-order valence-corrected chi connectivity index (χ3v) is 6.56. The number of carboxylic acids is 2. The highest BCUT2D eigenvalue weighted by Gasteiger charge is 2.45. The fraction of sp³-hybridized carbons (Fsp3) is 0.560. The van der Waals surface area contributed by atoms with Crippen LogP contribution in [0.25, 0.3) is 0 Å². The van der Waals surface area contributed by atoms with Crippen molar-refractivity contribution in [2.75, 3.05) is 19.6 Å². The molecule has 36 heavy (non-hydrogen) atoms. The van der Waals surface area contributed by atoms with Gasteiger partial charge in [-0.2, -0.15) is 0 Å². The van der Waals surface area contributed by atoms with Crippen LogP contribution in [0.1, 0.15) is 57.4 Å². The monoisotopic (exact) mass is 504 g/mol. The summed E-state index contributed by atoms with van der Waals surface area (Å²) in [5, 5.41) is 23.7. The SMILES string of the molecule is CC(=O)N[C@@H](CCCCN)C(=O)N1CCC(C(=O)N[C@@H](CCC(=O)O)C(=O)O)(c2ccccc2)CC1. The van der Waals surface area contributed by atoms with E-state index in [1.807, 2.05) is 0 Å². The van der Waals surface area contributed by atoms with Gasteiger partial charge in [0.2, 0.25) is 17.7 Å². The number of carboxylic acid groups (broad SMARTS) is 2. The molecule has 1 fully saturated rings. The summed E-state index contributed by atoms with van der Waals surface area (Å²) in [5.41, 5.74) is 5.16. The van der Waals surface area contributed by atoms with E-state index >= 15 is 0 Å². The first kappa shape index (κ1) is 28.8. The third kappa shape index (κ3) is 7.77. The van der Waals surface area contributed by atoms with Gasteiger partial charge in [0.15, 0.2) is 0 Å². The van der Waals surface area contributed by atoms with Gasteiger partial charge >= 0.3 is 11.9 Å². The van der Waals surface area contributed by atoms with Crippen LogP contribution < -0.4 is 16.4 Å². The topological polar surface area (TPSA) is 179 Å². The molecule has 6 N–H and O–H groups in total. The zero-order valence-corrected chi connectivity index (χ0v) is 20.6. The number of piperidine rings is 1. The maximum Gasteiger partial charge on any atom is 0.326 e. The second kappa shape index (κ2) is 13.6. The summed E-state index contributed by atoms with van der Waals surface area (Å²) in [6.07, 6.45) is 1.72. The standard InChI is InChI=1S/C25H36N4O7/c1-17(30)27-19(9-5-6-14-26)22(33)29-15-12-25(13-16-29,18-7-3-2-4-8-18)24(36)28-20(23(34)35)10-11-21(31)32/h2-4,7-8,19-20H,5-6,9-16,26H2,1H3,(H,27,30)(H,28,36)(H,31,32)(H,34,35)/t19-,20-/m0/s1. The van der Waals surface area contributed by atoms with Crippen molar-refractivity contribution < 1.29 is 34.2 Å². The number of nitrogens with one attached hydrogen (secondary N) is 2. The Morgan fingerprint density at radius 1 is 0.972 bits per heavy atom. The summed E-state index contributed by atoms with van der Waals surface area (Å²) >= 11 is 0. The summed E-state index contributed by atoms with van der Waals surface area (Å²) in [7, 11) is 0. The number of nitrogens with zero attached hydrogens (tertiary/aromatic N) is 1. The Balaban J connectivity index is 2.22. The van der Waals surface area contributed by atoms with Gasteiger partial charge in [-0.1, -0.05) is 30.3 Å². The molecular weight excluding hydrogens is 468 g/mol. The third-order valence-electron chi connectivity index (χ3n) is 6.56. The zero-order valence-electron chi connectivity index (χ0n) is 20.6. The van der Waals surface area contributed by atoms with Crippen LogP contribution in [0.4, 0.5) is 0 Å². The first-order valence-electron chi connectivity index (χ1n) is 12.2. The van der Waals surface area contributed by atoms with Gasteiger partial charge in [-0.05, 0) is 50.6 Å². The van der Waals surface area contributed by atoms with Crippen LogP contribution in [0.5, 0.6) is 0 Å². The lowest BCUT2D eigenvalue weighted by molar-refractivity contribution is -0.145. The number of amides is 3. The smallest absolute Gasteiger partial charge is 0.326 e. The fourth-order valence-corrected chi connectivity index (χ4v) is 4.55. The van der Waals surface area contributed by atoms with Crippen LogP contribution in [0.2, 0.25) is 0 Å². The van der Waals surface area contributed by atoms with Crippen LogP contribution in [0, 0.1) is 0 Å². The number of rotatable bonds is 13. The molecule has 1 aromatic rings. The summed E-state index contributed by atoms with van der Waals surface area (Å²) in [4.78, 5) is 62.6. The van der Waals surface area contributed by atoms with Crippen molar-refractivity contribution >= 4 is 29.7 Å². The Kier molecular flexibility index (Phi) is 10.8. The molecule has 2 atom stereocenters.